The second-order valence-corrected chi connectivity index (χ2v) is 7.42. The van der Waals surface area contributed by atoms with Gasteiger partial charge in [-0.25, -0.2) is 0 Å². The number of carbonyl (C=O) groups excluding carboxylic acids is 1. The zero-order valence-corrected chi connectivity index (χ0v) is 16.6. The minimum absolute atomic E-state index is 0.00672. The van der Waals surface area contributed by atoms with E-state index >= 15 is 0 Å². The Morgan fingerprint density at radius 1 is 1.00 bits per heavy atom. The molecule has 0 unspecified atom stereocenters. The summed E-state index contributed by atoms with van der Waals surface area (Å²) in [5, 5.41) is 14.8. The third-order valence-electron chi connectivity index (χ3n) is 4.64. The lowest BCUT2D eigenvalue weighted by Crippen LogP contribution is -2.48. The number of amides is 1. The standard InChI is InChI=1S/C19H20Cl2N4O3/c20-17-2-1-3-18(21)16(17)12-23-8-10-24(11-9-23)13-19(26)22-14-4-6-15(7-5-14)25(27)28/h1-7H,8-13H2,(H,22,26). The monoisotopic (exact) mass is 422 g/mol. The van der Waals surface area contributed by atoms with Crippen LogP contribution in [0.1, 0.15) is 5.56 Å². The topological polar surface area (TPSA) is 78.7 Å². The van der Waals surface area contributed by atoms with Gasteiger partial charge in [0, 0.05) is 66.2 Å². The van der Waals surface area contributed by atoms with Gasteiger partial charge in [-0.15, -0.1) is 0 Å². The van der Waals surface area contributed by atoms with Crippen LogP contribution in [0.3, 0.4) is 0 Å². The molecule has 2 aromatic rings. The number of rotatable bonds is 6. The maximum absolute atomic E-state index is 12.2. The van der Waals surface area contributed by atoms with Crippen LogP contribution in [0.5, 0.6) is 0 Å². The molecule has 1 heterocycles. The zero-order valence-electron chi connectivity index (χ0n) is 15.1. The van der Waals surface area contributed by atoms with Gasteiger partial charge in [-0.1, -0.05) is 29.3 Å². The Bertz CT molecular complexity index is 833. The van der Waals surface area contributed by atoms with E-state index in [4.69, 9.17) is 23.2 Å². The molecule has 0 atom stereocenters. The van der Waals surface area contributed by atoms with Crippen LogP contribution >= 0.6 is 23.2 Å². The van der Waals surface area contributed by atoms with Crippen molar-refractivity contribution in [1.29, 1.82) is 0 Å². The van der Waals surface area contributed by atoms with Crippen molar-refractivity contribution in [3.05, 3.63) is 68.2 Å². The van der Waals surface area contributed by atoms with Crippen molar-refractivity contribution in [2.75, 3.05) is 38.0 Å². The van der Waals surface area contributed by atoms with Crippen molar-refractivity contribution >= 4 is 40.5 Å². The third kappa shape index (κ3) is 5.42. The highest BCUT2D eigenvalue weighted by Gasteiger charge is 2.20. The third-order valence-corrected chi connectivity index (χ3v) is 5.35. The van der Waals surface area contributed by atoms with Crippen LogP contribution in [0.2, 0.25) is 10.0 Å². The van der Waals surface area contributed by atoms with E-state index in [0.717, 1.165) is 31.7 Å². The van der Waals surface area contributed by atoms with Gasteiger partial charge in [0.15, 0.2) is 0 Å². The molecule has 1 N–H and O–H groups in total. The summed E-state index contributed by atoms with van der Waals surface area (Å²) in [4.78, 5) is 26.8. The minimum Gasteiger partial charge on any atom is -0.325 e. The Morgan fingerprint density at radius 3 is 2.14 bits per heavy atom. The Kier molecular flexibility index (Phi) is 6.85. The molecule has 1 aliphatic heterocycles. The first-order chi connectivity index (χ1) is 13.4. The van der Waals surface area contributed by atoms with E-state index in [1.807, 2.05) is 18.2 Å². The smallest absolute Gasteiger partial charge is 0.269 e. The molecule has 0 aromatic heterocycles. The molecule has 0 bridgehead atoms. The van der Waals surface area contributed by atoms with Crippen LogP contribution in [0, 0.1) is 10.1 Å². The van der Waals surface area contributed by atoms with E-state index in [0.29, 0.717) is 22.3 Å². The molecule has 9 heteroatoms. The average molecular weight is 423 g/mol. The largest absolute Gasteiger partial charge is 0.325 e. The highest BCUT2D eigenvalue weighted by molar-refractivity contribution is 6.35. The van der Waals surface area contributed by atoms with Crippen molar-refractivity contribution in [3.63, 3.8) is 0 Å². The second-order valence-electron chi connectivity index (χ2n) is 6.60. The van der Waals surface area contributed by atoms with Crippen molar-refractivity contribution < 1.29 is 9.72 Å². The summed E-state index contributed by atoms with van der Waals surface area (Å²) in [5.41, 5.74) is 1.46. The lowest BCUT2D eigenvalue weighted by molar-refractivity contribution is -0.384. The molecular formula is C19H20Cl2N4O3. The highest BCUT2D eigenvalue weighted by atomic mass is 35.5. The van der Waals surface area contributed by atoms with E-state index in [1.165, 1.54) is 24.3 Å². The normalized spacial score (nSPS) is 15.4. The average Bonchev–Trinajstić information content (AvgIpc) is 2.66. The van der Waals surface area contributed by atoms with Gasteiger partial charge in [0.25, 0.3) is 5.69 Å². The predicted molar refractivity (Wildman–Crippen MR) is 110 cm³/mol. The van der Waals surface area contributed by atoms with Crippen LogP contribution in [0.25, 0.3) is 0 Å². The molecule has 0 aliphatic carbocycles. The molecule has 148 valence electrons. The van der Waals surface area contributed by atoms with Crippen molar-refractivity contribution in [3.8, 4) is 0 Å². The lowest BCUT2D eigenvalue weighted by atomic mass is 10.2. The fraction of sp³-hybridized carbons (Fsp3) is 0.316. The quantitative estimate of drug-likeness (QED) is 0.567. The molecular weight excluding hydrogens is 403 g/mol. The van der Waals surface area contributed by atoms with Gasteiger partial charge in [-0.2, -0.15) is 0 Å². The number of nitro benzene ring substituents is 1. The first-order valence-corrected chi connectivity index (χ1v) is 9.60. The number of non-ortho nitro benzene ring substituents is 1. The highest BCUT2D eigenvalue weighted by Crippen LogP contribution is 2.26. The lowest BCUT2D eigenvalue weighted by Gasteiger charge is -2.34. The molecule has 1 fully saturated rings. The number of halogens is 2. The molecule has 0 spiro atoms. The SMILES string of the molecule is O=C(CN1CCN(Cc2c(Cl)cccc2Cl)CC1)Nc1ccc([N+](=O)[O-])cc1. The maximum Gasteiger partial charge on any atom is 0.269 e. The number of carbonyl (C=O) groups is 1. The van der Waals surface area contributed by atoms with Crippen LogP contribution in [-0.4, -0.2) is 53.4 Å². The number of benzene rings is 2. The number of nitro groups is 1. The minimum atomic E-state index is -0.471. The summed E-state index contributed by atoms with van der Waals surface area (Å²) in [5.74, 6) is -0.142. The number of hydrogen-bond donors (Lipinski definition) is 1. The summed E-state index contributed by atoms with van der Waals surface area (Å²) in [7, 11) is 0. The molecule has 7 nitrogen and oxygen atoms in total. The number of anilines is 1. The molecule has 3 rings (SSSR count). The number of nitrogens with one attached hydrogen (secondary N) is 1. The van der Waals surface area contributed by atoms with E-state index in [2.05, 4.69) is 15.1 Å². The number of piperazine rings is 1. The fourth-order valence-electron chi connectivity index (χ4n) is 3.08. The predicted octanol–water partition coefficient (Wildman–Crippen LogP) is 3.66. The first-order valence-electron chi connectivity index (χ1n) is 8.84. The molecule has 0 radical (unpaired) electrons. The summed E-state index contributed by atoms with van der Waals surface area (Å²) >= 11 is 12.5. The van der Waals surface area contributed by atoms with Crippen LogP contribution in [0.15, 0.2) is 42.5 Å². The summed E-state index contributed by atoms with van der Waals surface area (Å²) in [6.45, 7) is 4.10. The Balaban J connectivity index is 1.46. The molecule has 1 saturated heterocycles. The summed E-state index contributed by atoms with van der Waals surface area (Å²) < 4.78 is 0. The molecule has 1 aliphatic rings. The van der Waals surface area contributed by atoms with E-state index < -0.39 is 4.92 Å². The van der Waals surface area contributed by atoms with Crippen LogP contribution in [-0.2, 0) is 11.3 Å². The van der Waals surface area contributed by atoms with Crippen molar-refractivity contribution in [2.45, 2.75) is 6.54 Å². The summed E-state index contributed by atoms with van der Waals surface area (Å²) in [6.07, 6.45) is 0. The zero-order chi connectivity index (χ0) is 20.1. The van der Waals surface area contributed by atoms with Crippen molar-refractivity contribution in [1.82, 2.24) is 9.80 Å². The Morgan fingerprint density at radius 2 is 1.57 bits per heavy atom. The van der Waals surface area contributed by atoms with Crippen LogP contribution in [0.4, 0.5) is 11.4 Å². The van der Waals surface area contributed by atoms with Gasteiger partial charge in [0.2, 0.25) is 5.91 Å². The fourth-order valence-corrected chi connectivity index (χ4v) is 3.60. The van der Waals surface area contributed by atoms with Crippen molar-refractivity contribution in [2.24, 2.45) is 0 Å². The maximum atomic E-state index is 12.2. The van der Waals surface area contributed by atoms with E-state index in [1.54, 1.807) is 0 Å². The molecule has 28 heavy (non-hydrogen) atoms. The van der Waals surface area contributed by atoms with Gasteiger partial charge in [-0.05, 0) is 24.3 Å². The Hall–Kier alpha value is -2.19. The number of nitrogens with zero attached hydrogens (tertiary/aromatic N) is 3. The first kappa shape index (κ1) is 20.5. The van der Waals surface area contributed by atoms with Gasteiger partial charge in [0.05, 0.1) is 11.5 Å². The van der Waals surface area contributed by atoms with Gasteiger partial charge in [0.1, 0.15) is 0 Å². The van der Waals surface area contributed by atoms with Gasteiger partial charge in [-0.3, -0.25) is 24.7 Å². The van der Waals surface area contributed by atoms with Crippen LogP contribution < -0.4 is 5.32 Å². The number of hydrogen-bond acceptors (Lipinski definition) is 5. The Labute approximate surface area is 173 Å². The summed E-state index contributed by atoms with van der Waals surface area (Å²) in [6, 6.07) is 11.3. The molecule has 0 saturated carbocycles. The molecule has 1 amide bonds. The van der Waals surface area contributed by atoms with E-state index in [9.17, 15) is 14.9 Å². The van der Waals surface area contributed by atoms with Gasteiger partial charge < -0.3 is 5.32 Å². The second kappa shape index (κ2) is 9.34. The van der Waals surface area contributed by atoms with E-state index in [-0.39, 0.29) is 18.1 Å². The van der Waals surface area contributed by atoms with Gasteiger partial charge >= 0.3 is 0 Å². The molecule has 2 aromatic carbocycles.